The van der Waals surface area contributed by atoms with E-state index in [1.807, 2.05) is 129 Å². The zero-order chi connectivity index (χ0) is 68.0. The number of anilines is 3. The standard InChI is InChI=1S/C26H30N4.C14H13N3.C14H12N3.C10H9N3.C4H7ClO.CH4.BFH.BH3.BH2.Ir/c1-21-23(3)29(25-13-7-5-8-14-25)19-27(21)17-11-12-18-28-20-30(24(4)22(28)2)26-15-9-6-10-16-26;2*1-10-11(2)17-9-8-15-13(14(17)16-10)12-6-4-3-5-7-12;11-10-9(12-6-7-13-10)8-4-2-1-3-5-8;1-3(5)4(2)6;;1-2;;;/h5-10,13,15,19-20H,11-12,17-18H2,1-4H3;3-9H,1-2H3;3-6,8-9H,1-2H3;1-7H,(H2,11,13);3H,1-2H3;1H4;1H;1H3;1H2;/q-4;;-1;;;;;;;/i;;;;;;1D;1D3;1D2;. The Morgan fingerprint density at radius 3 is 1.44 bits per heavy atom. The summed E-state index contributed by atoms with van der Waals surface area (Å²) in [7, 11) is -1.17. The number of nitrogens with two attached hydrogens (primary N) is 1. The van der Waals surface area contributed by atoms with Crippen LogP contribution in [0.25, 0.3) is 45.1 Å². The minimum atomic E-state index is -1.42. The van der Waals surface area contributed by atoms with Gasteiger partial charge in [-0.05, 0) is 113 Å². The molecule has 2 aliphatic heterocycles. The number of imidazole rings is 2. The smallest absolute Gasteiger partial charge is 0.333 e. The van der Waals surface area contributed by atoms with Crippen molar-refractivity contribution in [1.82, 2.24) is 48.5 Å². The second-order valence-corrected chi connectivity index (χ2v) is 20.6. The van der Waals surface area contributed by atoms with Gasteiger partial charge < -0.3 is 38.5 Å². The molecular weight excluding hydrogens is 1310 g/mol. The number of unbranched alkanes of at least 4 members (excludes halogenated alkanes) is 1. The fourth-order valence-electron chi connectivity index (χ4n) is 9.07. The molecule has 5 aromatic carbocycles. The number of aromatic nitrogens is 8. The van der Waals surface area contributed by atoms with Crippen LogP contribution in [0.2, 0.25) is 0 Å². The van der Waals surface area contributed by atoms with Gasteiger partial charge in [-0.15, -0.1) is 58.9 Å². The Morgan fingerprint density at radius 2 is 1.03 bits per heavy atom. The zero-order valence-corrected chi connectivity index (χ0v) is 54.6. The van der Waals surface area contributed by atoms with Gasteiger partial charge >= 0.3 is 8.09 Å². The number of halogens is 2. The van der Waals surface area contributed by atoms with Gasteiger partial charge in [-0.3, -0.25) is 19.7 Å². The number of alkyl halides is 1. The van der Waals surface area contributed by atoms with Gasteiger partial charge in [0.25, 0.3) is 0 Å². The number of nitrogen functional groups attached to an aromatic ring is 1. The van der Waals surface area contributed by atoms with Crippen LogP contribution in [0.3, 0.4) is 0 Å². The molecule has 12 rings (SSSR count). The van der Waals surface area contributed by atoms with Crippen LogP contribution in [-0.2, 0) is 24.9 Å². The third-order valence-corrected chi connectivity index (χ3v) is 14.8. The van der Waals surface area contributed by atoms with Crippen molar-refractivity contribution in [2.75, 3.05) is 28.6 Å². The van der Waals surface area contributed by atoms with E-state index in [9.17, 15) is 9.11 Å². The molecule has 0 amide bonds. The van der Waals surface area contributed by atoms with Gasteiger partial charge in [0.2, 0.25) is 0 Å². The number of Topliss-reactive ketones (excluding diaryl/α,β-unsaturated/α-hetero) is 1. The molecule has 0 fully saturated rings. The van der Waals surface area contributed by atoms with E-state index < -0.39 is 8.30 Å². The van der Waals surface area contributed by atoms with E-state index in [1.54, 1.807) is 25.5 Å². The van der Waals surface area contributed by atoms with Crippen LogP contribution in [0.15, 0.2) is 193 Å². The molecule has 465 valence electrons. The largest absolute Gasteiger partial charge is 0.505 e. The summed E-state index contributed by atoms with van der Waals surface area (Å²) in [5.41, 5.74) is 24.9. The Hall–Kier alpha value is -8.37. The number of benzene rings is 5. The van der Waals surface area contributed by atoms with E-state index >= 15 is 0 Å². The Balaban J connectivity index is 0.000000315. The first-order valence-corrected chi connectivity index (χ1v) is 28.3. The molecule has 0 bridgehead atoms. The molecular formula is C69H81B3ClFIrN13O-5. The van der Waals surface area contributed by atoms with E-state index in [1.165, 1.54) is 35.4 Å². The molecule has 0 spiro atoms. The molecule has 3 radical (unpaired) electrons. The van der Waals surface area contributed by atoms with Crippen molar-refractivity contribution in [3.8, 4) is 33.8 Å². The Bertz CT molecular complexity index is 3730. The number of carbonyl (C=O) groups is 1. The van der Waals surface area contributed by atoms with Crippen molar-refractivity contribution in [1.29, 1.82) is 8.01 Å². The van der Waals surface area contributed by atoms with E-state index in [2.05, 4.69) is 168 Å². The molecule has 5 aromatic heterocycles. The maximum absolute atomic E-state index is 10.0. The van der Waals surface area contributed by atoms with Crippen LogP contribution in [-0.4, -0.2) is 105 Å². The average Bonchev–Trinajstić information content (AvgIpc) is 1.69. The normalized spacial score (nSPS) is 13.0. The molecule has 10 aromatic rings. The number of nitrogens with zero attached hydrogens (tertiary/aromatic N) is 12. The minimum Gasteiger partial charge on any atom is -0.505 e. The number of rotatable bonds is 11. The first kappa shape index (κ1) is 65.1. The Labute approximate surface area is 558 Å². The Kier molecular flexibility index (Phi) is 26.9. The number of hydrogen-bond acceptors (Lipinski definition) is 12. The van der Waals surface area contributed by atoms with Crippen LogP contribution in [0.5, 0.6) is 0 Å². The zero-order valence-electron chi connectivity index (χ0n) is 57.4. The summed E-state index contributed by atoms with van der Waals surface area (Å²) >= 11 is 5.26. The van der Waals surface area contributed by atoms with Crippen molar-refractivity contribution in [2.45, 2.75) is 94.9 Å². The van der Waals surface area contributed by atoms with Gasteiger partial charge in [-0.2, -0.15) is 74.0 Å². The van der Waals surface area contributed by atoms with Gasteiger partial charge in [0, 0.05) is 98.2 Å². The second kappa shape index (κ2) is 36.8. The summed E-state index contributed by atoms with van der Waals surface area (Å²) in [5, 5.41) is -0.315. The number of allylic oxidation sites excluding steroid dienone is 4. The maximum Gasteiger partial charge on any atom is 0.333 e. The molecule has 0 saturated carbocycles. The summed E-state index contributed by atoms with van der Waals surface area (Å²) in [6, 6.07) is 53.9. The fraction of sp³-hybridized carbons (Fsp3) is 0.232. The molecule has 7 heterocycles. The number of ketones is 1. The quantitative estimate of drug-likeness (QED) is 0.0570. The van der Waals surface area contributed by atoms with E-state index in [-0.39, 0.29) is 46.8 Å². The number of para-hydroxylation sites is 2. The van der Waals surface area contributed by atoms with Gasteiger partial charge in [0.15, 0.2) is 5.65 Å². The van der Waals surface area contributed by atoms with Crippen LogP contribution in [0, 0.1) is 59.2 Å². The van der Waals surface area contributed by atoms with Crippen molar-refractivity contribution < 1.29 is 29.2 Å². The predicted molar refractivity (Wildman–Crippen MR) is 369 cm³/mol. The topological polar surface area (TPSA) is 142 Å². The van der Waals surface area contributed by atoms with Gasteiger partial charge in [-0.1, -0.05) is 68.1 Å². The minimum absolute atomic E-state index is 0. The third kappa shape index (κ3) is 19.3. The first-order valence-electron chi connectivity index (χ1n) is 31.3. The number of hydrogen-bond donors (Lipinski definition) is 1. The van der Waals surface area contributed by atoms with Crippen LogP contribution >= 0.6 is 11.6 Å². The van der Waals surface area contributed by atoms with Crippen molar-refractivity contribution in [3.63, 3.8) is 0 Å². The van der Waals surface area contributed by atoms with Crippen molar-refractivity contribution >= 4 is 70.6 Å². The molecule has 1 unspecified atom stereocenters. The number of fused-ring (bicyclic) bond motifs is 2. The SMILES string of the molecule is C.CC(=O)C(C)Cl.CC1=C(C)N(c2[c-]cccc2)[CH-]N1CCCCN1[CH-]N(c2[c-]cccc2)C(C)=C1C.Cc1nc2c(-c3[c-]cccc3)nccn2c1C.Cc1nc2c(-c3ccccc3)nccn2c1C.Nc1nccnc1-c1ccccc1.[2H]B([2H])[2H].[2H][B]F.[2H][B][2H].[Ir]. The van der Waals surface area contributed by atoms with Crippen molar-refractivity contribution in [3.05, 3.63) is 248 Å². The molecule has 1 atom stereocenters. The molecule has 2 aliphatic rings. The van der Waals surface area contributed by atoms with Gasteiger partial charge in [-0.25, -0.2) is 15.0 Å². The van der Waals surface area contributed by atoms with Crippen LogP contribution in [0.1, 0.15) is 84.6 Å². The molecule has 0 aliphatic carbocycles. The summed E-state index contributed by atoms with van der Waals surface area (Å²) in [6.45, 7) is 26.5. The van der Waals surface area contributed by atoms with E-state index in [4.69, 9.17) is 25.3 Å². The first-order chi connectivity index (χ1) is 44.7. The number of carbonyl (C=O) groups excluding carboxylic acids is 1. The fourth-order valence-corrected chi connectivity index (χ4v) is 9.07. The van der Waals surface area contributed by atoms with Gasteiger partial charge in [0.1, 0.15) is 28.6 Å². The maximum atomic E-state index is 10.0. The predicted octanol–water partition coefficient (Wildman–Crippen LogP) is 12.8. The monoisotopic (exact) mass is 1390 g/mol. The van der Waals surface area contributed by atoms with Crippen molar-refractivity contribution in [2.24, 2.45) is 0 Å². The summed E-state index contributed by atoms with van der Waals surface area (Å²) in [4.78, 5) is 45.4. The van der Waals surface area contributed by atoms with E-state index in [0.29, 0.717) is 14.2 Å². The number of aryl methyl sites for hydroxylation is 4. The summed E-state index contributed by atoms with van der Waals surface area (Å²) in [5.74, 6) is 0.491. The van der Waals surface area contributed by atoms with E-state index in [0.717, 1.165) is 99.5 Å². The molecule has 2 N–H and O–H groups in total. The summed E-state index contributed by atoms with van der Waals surface area (Å²) < 4.78 is 48.7. The third-order valence-electron chi connectivity index (χ3n) is 14.5. The molecule has 14 nitrogen and oxygen atoms in total. The Morgan fingerprint density at radius 1 is 0.652 bits per heavy atom. The molecule has 20 heteroatoms. The molecule has 89 heavy (non-hydrogen) atoms. The summed E-state index contributed by atoms with van der Waals surface area (Å²) in [6.07, 6.45) is 13.0. The average molecular weight is 1390 g/mol. The molecule has 0 saturated heterocycles. The van der Waals surface area contributed by atoms with Crippen LogP contribution in [0.4, 0.5) is 21.5 Å². The second-order valence-electron chi connectivity index (χ2n) is 19.9. The van der Waals surface area contributed by atoms with Gasteiger partial charge in [0.05, 0.1) is 33.4 Å². The van der Waals surface area contributed by atoms with Crippen LogP contribution < -0.4 is 15.5 Å².